The topological polar surface area (TPSA) is 41.8 Å². The van der Waals surface area contributed by atoms with Crippen molar-refractivity contribution in [2.75, 3.05) is 0 Å². The summed E-state index contributed by atoms with van der Waals surface area (Å²) in [7, 11) is 0. The molecule has 0 spiro atoms. The number of fused-ring (bicyclic) bond motifs is 1. The molecule has 60 valence electrons. The number of allylic oxidation sites excluding steroid dienone is 2. The third-order valence-electron chi connectivity index (χ3n) is 1.64. The fourth-order valence-electron chi connectivity index (χ4n) is 1.09. The Morgan fingerprint density at radius 2 is 2.33 bits per heavy atom. The van der Waals surface area contributed by atoms with Gasteiger partial charge in [-0.1, -0.05) is 12.2 Å². The summed E-state index contributed by atoms with van der Waals surface area (Å²) in [5.74, 6) is -0.979. The van der Waals surface area contributed by atoms with Gasteiger partial charge in [-0.3, -0.25) is 9.79 Å². The molecule has 0 radical (unpaired) electrons. The number of halogens is 1. The van der Waals surface area contributed by atoms with Gasteiger partial charge in [-0.05, 0) is 6.08 Å². The smallest absolute Gasteiger partial charge is 0.273 e. The van der Waals surface area contributed by atoms with E-state index in [9.17, 15) is 9.18 Å². The zero-order valence-corrected chi connectivity index (χ0v) is 6.07. The van der Waals surface area contributed by atoms with Crippen LogP contribution in [0.25, 0.3) is 0 Å². The lowest BCUT2D eigenvalue weighted by Crippen LogP contribution is -2.25. The second-order valence-corrected chi connectivity index (χ2v) is 2.46. The lowest BCUT2D eigenvalue weighted by atomic mass is 10.1. The number of nitrogens with zero attached hydrogens (tertiary/aromatic N) is 2. The molecule has 1 aliphatic heterocycles. The minimum absolute atomic E-state index is 0.116. The van der Waals surface area contributed by atoms with Crippen LogP contribution >= 0.6 is 0 Å². The van der Waals surface area contributed by atoms with Gasteiger partial charge in [0.1, 0.15) is 17.6 Å². The van der Waals surface area contributed by atoms with Gasteiger partial charge >= 0.3 is 0 Å². The molecule has 1 aliphatic carbocycles. The molecule has 0 saturated heterocycles. The molecule has 0 N–H and O–H groups in total. The monoisotopic (exact) mass is 164 g/mol. The van der Waals surface area contributed by atoms with Crippen molar-refractivity contribution < 1.29 is 9.18 Å². The van der Waals surface area contributed by atoms with E-state index in [2.05, 4.69) is 9.98 Å². The highest BCUT2D eigenvalue weighted by molar-refractivity contribution is 6.33. The van der Waals surface area contributed by atoms with Crippen molar-refractivity contribution in [3.05, 3.63) is 24.1 Å². The Hall–Kier alpha value is -1.58. The van der Waals surface area contributed by atoms with Crippen LogP contribution in [0.3, 0.4) is 0 Å². The SMILES string of the molecule is O=C1C=NC2C=CC=C(F)C2=N1. The number of carbonyl (C=O) groups is 1. The molecule has 1 heterocycles. The zero-order valence-electron chi connectivity index (χ0n) is 6.07. The molecule has 0 aromatic heterocycles. The first-order chi connectivity index (χ1) is 5.77. The Morgan fingerprint density at radius 3 is 3.17 bits per heavy atom. The highest BCUT2D eigenvalue weighted by atomic mass is 19.1. The molecule has 1 atom stereocenters. The molecule has 3 nitrogen and oxygen atoms in total. The van der Waals surface area contributed by atoms with Crippen LogP contribution in [0, 0.1) is 0 Å². The minimum Gasteiger partial charge on any atom is -0.273 e. The van der Waals surface area contributed by atoms with Crippen LogP contribution in [0.15, 0.2) is 34.0 Å². The number of hydrogen-bond donors (Lipinski definition) is 0. The average molecular weight is 164 g/mol. The number of amides is 1. The molecule has 0 aromatic carbocycles. The van der Waals surface area contributed by atoms with E-state index < -0.39 is 17.8 Å². The highest BCUT2D eigenvalue weighted by Gasteiger charge is 2.22. The summed E-state index contributed by atoms with van der Waals surface area (Å²) in [5.41, 5.74) is 0.116. The summed E-state index contributed by atoms with van der Waals surface area (Å²) in [6.07, 6.45) is 5.62. The van der Waals surface area contributed by atoms with Crippen molar-refractivity contribution >= 4 is 17.8 Å². The van der Waals surface area contributed by atoms with Crippen molar-refractivity contribution in [1.29, 1.82) is 0 Å². The summed E-state index contributed by atoms with van der Waals surface area (Å²) >= 11 is 0. The van der Waals surface area contributed by atoms with E-state index in [4.69, 9.17) is 0 Å². The third-order valence-corrected chi connectivity index (χ3v) is 1.64. The third kappa shape index (κ3) is 1.01. The summed E-state index contributed by atoms with van der Waals surface area (Å²) in [6.45, 7) is 0. The van der Waals surface area contributed by atoms with E-state index in [0.29, 0.717) is 0 Å². The van der Waals surface area contributed by atoms with E-state index in [0.717, 1.165) is 6.21 Å². The van der Waals surface area contributed by atoms with Crippen molar-refractivity contribution in [3.63, 3.8) is 0 Å². The van der Waals surface area contributed by atoms with Gasteiger partial charge in [0.25, 0.3) is 5.91 Å². The minimum atomic E-state index is -0.500. The Balaban J connectivity index is 2.44. The summed E-state index contributed by atoms with van der Waals surface area (Å²) < 4.78 is 12.9. The number of carbonyl (C=O) groups excluding carboxylic acids is 1. The fraction of sp³-hybridized carbons (Fsp3) is 0.125. The Bertz CT molecular complexity index is 350. The summed E-state index contributed by atoms with van der Waals surface area (Å²) in [5, 5.41) is 0. The molecule has 0 aromatic rings. The summed E-state index contributed by atoms with van der Waals surface area (Å²) in [4.78, 5) is 18.0. The second-order valence-electron chi connectivity index (χ2n) is 2.46. The van der Waals surface area contributed by atoms with Crippen molar-refractivity contribution in [2.24, 2.45) is 9.98 Å². The van der Waals surface area contributed by atoms with E-state index in [1.54, 1.807) is 12.2 Å². The van der Waals surface area contributed by atoms with Crippen LogP contribution in [-0.2, 0) is 4.79 Å². The van der Waals surface area contributed by atoms with Crippen LogP contribution in [0.1, 0.15) is 0 Å². The van der Waals surface area contributed by atoms with Gasteiger partial charge in [0.2, 0.25) is 0 Å². The van der Waals surface area contributed by atoms with Gasteiger partial charge in [0, 0.05) is 0 Å². The Labute approximate surface area is 68.0 Å². The van der Waals surface area contributed by atoms with Crippen LogP contribution in [0.2, 0.25) is 0 Å². The van der Waals surface area contributed by atoms with Crippen molar-refractivity contribution in [1.82, 2.24) is 0 Å². The normalized spacial score (nSPS) is 26.4. The van der Waals surface area contributed by atoms with E-state index in [-0.39, 0.29) is 5.71 Å². The van der Waals surface area contributed by atoms with Crippen LogP contribution in [0.5, 0.6) is 0 Å². The molecule has 4 heteroatoms. The molecule has 1 unspecified atom stereocenters. The first-order valence-electron chi connectivity index (χ1n) is 3.47. The van der Waals surface area contributed by atoms with Crippen LogP contribution in [0.4, 0.5) is 4.39 Å². The number of hydrogen-bond acceptors (Lipinski definition) is 2. The average Bonchev–Trinajstić information content (AvgIpc) is 2.07. The first-order valence-corrected chi connectivity index (χ1v) is 3.47. The van der Waals surface area contributed by atoms with Gasteiger partial charge in [-0.15, -0.1) is 0 Å². The predicted molar refractivity (Wildman–Crippen MR) is 43.1 cm³/mol. The van der Waals surface area contributed by atoms with Crippen molar-refractivity contribution in [2.45, 2.75) is 6.04 Å². The van der Waals surface area contributed by atoms with Crippen LogP contribution < -0.4 is 0 Å². The van der Waals surface area contributed by atoms with Crippen molar-refractivity contribution in [3.8, 4) is 0 Å². The lowest BCUT2D eigenvalue weighted by molar-refractivity contribution is -0.111. The summed E-state index contributed by atoms with van der Waals surface area (Å²) in [6, 6.07) is -0.410. The fourth-order valence-corrected chi connectivity index (χ4v) is 1.09. The van der Waals surface area contributed by atoms with Gasteiger partial charge in [-0.25, -0.2) is 9.38 Å². The molecular weight excluding hydrogens is 159 g/mol. The maximum Gasteiger partial charge on any atom is 0.288 e. The standard InChI is InChI=1S/C8H5FN2O/c9-5-2-1-3-6-8(5)11-7(12)4-10-6/h1-4,6H. The van der Waals surface area contributed by atoms with Crippen LogP contribution in [-0.4, -0.2) is 23.9 Å². The predicted octanol–water partition coefficient (Wildman–Crippen LogP) is 0.830. The largest absolute Gasteiger partial charge is 0.288 e. The number of rotatable bonds is 0. The quantitative estimate of drug-likeness (QED) is 0.522. The van der Waals surface area contributed by atoms with Gasteiger partial charge in [0.05, 0.1) is 6.21 Å². The van der Waals surface area contributed by atoms with Gasteiger partial charge in [0.15, 0.2) is 0 Å². The van der Waals surface area contributed by atoms with Gasteiger partial charge in [-0.2, -0.15) is 0 Å². The van der Waals surface area contributed by atoms with E-state index in [1.807, 2.05) is 0 Å². The molecule has 1 amide bonds. The maximum atomic E-state index is 12.9. The van der Waals surface area contributed by atoms with E-state index in [1.165, 1.54) is 6.08 Å². The Kier molecular flexibility index (Phi) is 1.46. The molecule has 0 bridgehead atoms. The lowest BCUT2D eigenvalue weighted by Gasteiger charge is -2.14. The molecule has 0 fully saturated rings. The molecular formula is C8H5FN2O. The van der Waals surface area contributed by atoms with E-state index >= 15 is 0 Å². The first kappa shape index (κ1) is 7.09. The Morgan fingerprint density at radius 1 is 1.50 bits per heavy atom. The zero-order chi connectivity index (χ0) is 8.55. The second kappa shape index (κ2) is 2.48. The molecule has 2 aliphatic rings. The molecule has 0 saturated carbocycles. The maximum absolute atomic E-state index is 12.9. The van der Waals surface area contributed by atoms with Gasteiger partial charge < -0.3 is 0 Å². The number of aliphatic imine (C=N–C) groups is 2. The molecule has 2 rings (SSSR count). The highest BCUT2D eigenvalue weighted by Crippen LogP contribution is 2.16. The molecule has 12 heavy (non-hydrogen) atoms.